The standard InChI is InChI=1S/C76H50BN3/c1-47-33-40-65-71(41-47)79(67-29-15-11-21-53(67)48-19-5-4-6-20-48)73-42-51-43-74-75(73)77(65)66-45-63-58-26-10-9-24-56(58)55-23-7-8-25-57(55)59-39-38-52(78-69-31-17-13-27-60(69)61-28-14-18-32-70(61)78)44-62(59)64(63)46-72(66)80(74)68-30-16-12-22-54(68)49-34-36-50(37-35-49)76(51,2)3/h4-34,36,38-46H,1-3H3. The van der Waals surface area contributed by atoms with E-state index in [-0.39, 0.29) is 6.71 Å². The predicted molar refractivity (Wildman–Crippen MR) is 336 cm³/mol. The summed E-state index contributed by atoms with van der Waals surface area (Å²) in [5, 5.41) is 2.49. The maximum Gasteiger partial charge on any atom is 0.252 e. The molecule has 0 spiro atoms. The molecule has 0 fully saturated rings. The van der Waals surface area contributed by atoms with E-state index < -0.39 is 5.41 Å². The Morgan fingerprint density at radius 3 is 1.54 bits per heavy atom. The van der Waals surface area contributed by atoms with Gasteiger partial charge in [0.2, 0.25) is 0 Å². The fourth-order valence-corrected chi connectivity index (χ4v) is 14.2. The molecule has 4 aliphatic heterocycles. The Labute approximate surface area is 467 Å². The highest BCUT2D eigenvalue weighted by atomic mass is 15.2. The van der Waals surface area contributed by atoms with E-state index in [9.17, 15) is 0 Å². The van der Waals surface area contributed by atoms with Crippen molar-refractivity contribution in [3.63, 3.8) is 0 Å². The van der Waals surface area contributed by atoms with Gasteiger partial charge >= 0.3 is 0 Å². The zero-order chi connectivity index (χ0) is 53.0. The Balaban J connectivity index is 1.03. The number of aromatic nitrogens is 1. The summed E-state index contributed by atoms with van der Waals surface area (Å²) >= 11 is 0. The highest BCUT2D eigenvalue weighted by Crippen LogP contribution is 2.54. The molecule has 80 heavy (non-hydrogen) atoms. The van der Waals surface area contributed by atoms with Crippen LogP contribution in [0.15, 0.2) is 249 Å². The van der Waals surface area contributed by atoms with Gasteiger partial charge in [-0.25, -0.2) is 0 Å². The van der Waals surface area contributed by atoms with E-state index in [1.165, 1.54) is 122 Å². The van der Waals surface area contributed by atoms with E-state index in [1.807, 2.05) is 0 Å². The zero-order valence-corrected chi connectivity index (χ0v) is 44.6. The number of fused-ring (bicyclic) bond motifs is 16. The van der Waals surface area contributed by atoms with Gasteiger partial charge in [-0.3, -0.25) is 0 Å². The molecule has 0 saturated carbocycles. The maximum atomic E-state index is 3.73. The minimum Gasteiger partial charge on any atom is -0.311 e. The number of nitrogens with zero attached hydrogens (tertiary/aromatic N) is 3. The second kappa shape index (κ2) is 16.7. The molecule has 12 aromatic carbocycles. The first-order valence-electron chi connectivity index (χ1n) is 27.9. The maximum absolute atomic E-state index is 3.73. The first-order valence-corrected chi connectivity index (χ1v) is 27.9. The normalized spacial score (nSPS) is 13.6. The van der Waals surface area contributed by atoms with Gasteiger partial charge in [0.25, 0.3) is 6.71 Å². The minimum absolute atomic E-state index is 0.124. The molecule has 18 rings (SSSR count). The SMILES string of the molecule is Cc1ccc2c(c1)N(c1ccccc1-c1ccccc1)c1cc3cc4c1B2c1cc2c(cc1N4c1ccccc1-c1c#cc(cc1)C3(C)C)-c1cc(-n3c4ccccc4c4ccccc43)ccc1-c1ccccc1-c1ccccc1-2. The lowest BCUT2D eigenvalue weighted by atomic mass is 9.33. The van der Waals surface area contributed by atoms with Crippen molar-refractivity contribution in [2.45, 2.75) is 26.2 Å². The van der Waals surface area contributed by atoms with Crippen LogP contribution in [-0.2, 0) is 5.41 Å². The topological polar surface area (TPSA) is 11.4 Å². The first-order chi connectivity index (χ1) is 39.4. The highest BCUT2D eigenvalue weighted by molar-refractivity contribution is 7.00. The van der Waals surface area contributed by atoms with Crippen LogP contribution < -0.4 is 26.2 Å². The Hall–Kier alpha value is -10.1. The summed E-state index contributed by atoms with van der Waals surface area (Å²) in [4.78, 5) is 5.22. The molecule has 4 bridgehead atoms. The molecule has 4 heteroatoms. The summed E-state index contributed by atoms with van der Waals surface area (Å²) in [6, 6.07) is 101. The van der Waals surface area contributed by atoms with Crippen molar-refractivity contribution in [3.8, 4) is 72.4 Å². The second-order valence-corrected chi connectivity index (χ2v) is 22.7. The minimum atomic E-state index is -0.443. The Morgan fingerprint density at radius 1 is 0.362 bits per heavy atom. The second-order valence-electron chi connectivity index (χ2n) is 22.7. The van der Waals surface area contributed by atoms with Gasteiger partial charge < -0.3 is 14.4 Å². The van der Waals surface area contributed by atoms with Gasteiger partial charge in [-0.05, 0) is 157 Å². The third-order valence-corrected chi connectivity index (χ3v) is 18.0. The van der Waals surface area contributed by atoms with E-state index in [0.717, 1.165) is 39.4 Å². The fraction of sp³-hybridized carbons (Fsp3) is 0.0526. The largest absolute Gasteiger partial charge is 0.311 e. The van der Waals surface area contributed by atoms with Crippen LogP contribution >= 0.6 is 0 Å². The molecule has 372 valence electrons. The number of anilines is 6. The molecule has 5 aliphatic rings. The lowest BCUT2D eigenvalue weighted by Crippen LogP contribution is -2.61. The number of hydrogen-bond donors (Lipinski definition) is 0. The molecule has 0 unspecified atom stereocenters. The van der Waals surface area contributed by atoms with Crippen LogP contribution in [0.5, 0.6) is 0 Å². The van der Waals surface area contributed by atoms with Crippen molar-refractivity contribution in [3.05, 3.63) is 278 Å². The van der Waals surface area contributed by atoms with E-state index in [4.69, 9.17) is 0 Å². The molecule has 0 radical (unpaired) electrons. The van der Waals surface area contributed by atoms with Crippen LogP contribution in [0.25, 0.3) is 94.3 Å². The van der Waals surface area contributed by atoms with Crippen molar-refractivity contribution in [1.29, 1.82) is 0 Å². The number of aryl methyl sites for hydroxylation is 1. The van der Waals surface area contributed by atoms with E-state index in [0.29, 0.717) is 0 Å². The molecule has 13 aromatic rings. The fourth-order valence-electron chi connectivity index (χ4n) is 14.2. The van der Waals surface area contributed by atoms with Crippen LogP contribution in [0.4, 0.5) is 34.1 Å². The Bertz CT molecular complexity index is 4720. The average molecular weight is 1020 g/mol. The van der Waals surface area contributed by atoms with E-state index in [2.05, 4.69) is 296 Å². The number of para-hydroxylation sites is 4. The van der Waals surface area contributed by atoms with Gasteiger partial charge in [-0.1, -0.05) is 202 Å². The monoisotopic (exact) mass is 1020 g/mol. The third kappa shape index (κ3) is 6.29. The Kier molecular flexibility index (Phi) is 9.40. The van der Waals surface area contributed by atoms with Gasteiger partial charge in [-0.2, -0.15) is 0 Å². The smallest absolute Gasteiger partial charge is 0.252 e. The quantitative estimate of drug-likeness (QED) is 0.163. The number of benzene rings is 11. The highest BCUT2D eigenvalue weighted by Gasteiger charge is 2.46. The summed E-state index contributed by atoms with van der Waals surface area (Å²) in [5.74, 6) is 0. The lowest BCUT2D eigenvalue weighted by molar-refractivity contribution is 0.641. The molecule has 0 saturated heterocycles. The molecular formula is C76H50BN3. The van der Waals surface area contributed by atoms with Crippen LogP contribution in [-0.4, -0.2) is 11.3 Å². The molecule has 1 aromatic heterocycles. The zero-order valence-electron chi connectivity index (χ0n) is 44.6. The van der Waals surface area contributed by atoms with Crippen molar-refractivity contribution >= 4 is 79.0 Å². The molecule has 0 N–H and O–H groups in total. The van der Waals surface area contributed by atoms with Crippen LogP contribution in [0.2, 0.25) is 0 Å². The van der Waals surface area contributed by atoms with Crippen molar-refractivity contribution < 1.29 is 0 Å². The summed E-state index contributed by atoms with van der Waals surface area (Å²) in [6.07, 6.45) is 0. The van der Waals surface area contributed by atoms with Crippen molar-refractivity contribution in [2.24, 2.45) is 0 Å². The molecular weight excluding hydrogens is 966 g/mol. The van der Waals surface area contributed by atoms with Gasteiger partial charge in [0.05, 0.1) is 22.4 Å². The summed E-state index contributed by atoms with van der Waals surface area (Å²) in [7, 11) is 0. The Morgan fingerprint density at radius 2 is 0.887 bits per heavy atom. The molecule has 0 atom stereocenters. The van der Waals surface area contributed by atoms with Crippen molar-refractivity contribution in [2.75, 3.05) is 9.80 Å². The molecule has 1 aliphatic carbocycles. The van der Waals surface area contributed by atoms with Crippen molar-refractivity contribution in [1.82, 2.24) is 4.57 Å². The van der Waals surface area contributed by atoms with Crippen LogP contribution in [0.3, 0.4) is 0 Å². The molecule has 5 heterocycles. The van der Waals surface area contributed by atoms with E-state index in [1.54, 1.807) is 0 Å². The molecule has 3 nitrogen and oxygen atoms in total. The van der Waals surface area contributed by atoms with Gasteiger partial charge in [0, 0.05) is 66.9 Å². The van der Waals surface area contributed by atoms with Gasteiger partial charge in [-0.15, -0.1) is 0 Å². The summed E-state index contributed by atoms with van der Waals surface area (Å²) in [5.41, 5.74) is 31.6. The third-order valence-electron chi connectivity index (χ3n) is 18.0. The van der Waals surface area contributed by atoms with E-state index >= 15 is 0 Å². The van der Waals surface area contributed by atoms with Gasteiger partial charge in [0.15, 0.2) is 0 Å². The summed E-state index contributed by atoms with van der Waals surface area (Å²) in [6.45, 7) is 6.83. The number of rotatable bonds is 3. The van der Waals surface area contributed by atoms with Crippen LogP contribution in [0.1, 0.15) is 30.5 Å². The first kappa shape index (κ1) is 45.0. The van der Waals surface area contributed by atoms with Gasteiger partial charge in [0.1, 0.15) is 0 Å². The lowest BCUT2D eigenvalue weighted by Gasteiger charge is -2.46. The predicted octanol–water partition coefficient (Wildman–Crippen LogP) is 17.7. The average Bonchev–Trinajstić information content (AvgIpc) is 3.88. The van der Waals surface area contributed by atoms with Crippen LogP contribution in [0, 0.1) is 19.1 Å². The molecule has 0 amide bonds. The number of hydrogen-bond acceptors (Lipinski definition) is 2. The summed E-state index contributed by atoms with van der Waals surface area (Å²) < 4.78 is 2.47.